The van der Waals surface area contributed by atoms with E-state index >= 15 is 0 Å². The number of Topliss-reactive ketones (excluding diaryl/α,β-unsaturated/α-hetero) is 1. The van der Waals surface area contributed by atoms with Gasteiger partial charge in [0.05, 0.1) is 0 Å². The fourth-order valence-electron chi connectivity index (χ4n) is 7.44. The number of ketones is 1. The Labute approximate surface area is 198 Å². The Hall–Kier alpha value is -1.92. The zero-order valence-electron chi connectivity index (χ0n) is 21.1. The lowest BCUT2D eigenvalue weighted by Crippen LogP contribution is -2.56. The summed E-state index contributed by atoms with van der Waals surface area (Å²) in [5.41, 5.74) is -0.788. The maximum atomic E-state index is 13.7. The highest BCUT2D eigenvalue weighted by molar-refractivity contribution is 5.96. The number of carboxylic acids is 1. The molecular weight excluding hydrogens is 420 g/mol. The molecule has 0 aromatic carbocycles. The van der Waals surface area contributed by atoms with Crippen molar-refractivity contribution in [1.82, 2.24) is 10.2 Å². The van der Waals surface area contributed by atoms with E-state index in [0.717, 1.165) is 32.1 Å². The third-order valence-electron chi connectivity index (χ3n) is 9.14. The number of imide groups is 1. The van der Waals surface area contributed by atoms with Crippen LogP contribution in [0.25, 0.3) is 0 Å². The minimum atomic E-state index is -0.855. The molecule has 0 saturated heterocycles. The Kier molecular flexibility index (Phi) is 7.30. The zero-order valence-corrected chi connectivity index (χ0v) is 21.1. The van der Waals surface area contributed by atoms with Crippen LogP contribution in [-0.2, 0) is 14.4 Å². The molecular formula is C26H42N2O5. The molecule has 3 saturated carbocycles. The van der Waals surface area contributed by atoms with E-state index in [0.29, 0.717) is 24.7 Å². The standard InChI is InChI=1S/C26H42N2O5/c1-15(2)27-24(33)28(16(3)4)23(32)20-9-8-18-17-7-10-21(29)26(6,14-12-22(30)31)19(17)11-13-25(18,20)5/h15-20H,7-14H2,1-6H3,(H,27,33)(H,30,31)/t17-,18-,19-,20+,25-,26+/m0/s1. The van der Waals surface area contributed by atoms with Gasteiger partial charge >= 0.3 is 12.0 Å². The predicted octanol–water partition coefficient (Wildman–Crippen LogP) is 4.63. The summed E-state index contributed by atoms with van der Waals surface area (Å²) in [6.45, 7) is 11.7. The molecule has 0 aromatic heterocycles. The first kappa shape index (κ1) is 25.7. The highest BCUT2D eigenvalue weighted by Crippen LogP contribution is 2.64. The number of nitrogens with one attached hydrogen (secondary N) is 1. The molecule has 6 atom stereocenters. The van der Waals surface area contributed by atoms with Gasteiger partial charge in [0.2, 0.25) is 5.91 Å². The van der Waals surface area contributed by atoms with E-state index in [1.54, 1.807) is 0 Å². The van der Waals surface area contributed by atoms with Crippen LogP contribution >= 0.6 is 0 Å². The van der Waals surface area contributed by atoms with Gasteiger partial charge in [0.1, 0.15) is 5.78 Å². The number of carboxylic acid groups (broad SMARTS) is 1. The first-order valence-electron chi connectivity index (χ1n) is 12.7. The van der Waals surface area contributed by atoms with E-state index in [9.17, 15) is 24.3 Å². The van der Waals surface area contributed by atoms with Crippen LogP contribution in [0.1, 0.15) is 92.9 Å². The molecule has 33 heavy (non-hydrogen) atoms. The monoisotopic (exact) mass is 462 g/mol. The second kappa shape index (κ2) is 9.38. The van der Waals surface area contributed by atoms with Gasteiger partial charge in [-0.3, -0.25) is 19.3 Å². The van der Waals surface area contributed by atoms with Gasteiger partial charge < -0.3 is 10.4 Å². The molecule has 0 aromatic rings. The van der Waals surface area contributed by atoms with Gasteiger partial charge in [-0.2, -0.15) is 0 Å². The lowest BCUT2D eigenvalue weighted by Gasteiger charge is -2.55. The molecule has 3 fully saturated rings. The number of fused-ring (bicyclic) bond motifs is 3. The van der Waals surface area contributed by atoms with Gasteiger partial charge in [0.15, 0.2) is 0 Å². The van der Waals surface area contributed by atoms with Gasteiger partial charge in [-0.25, -0.2) is 4.79 Å². The fraction of sp³-hybridized carbons (Fsp3) is 0.846. The van der Waals surface area contributed by atoms with Crippen molar-refractivity contribution in [2.24, 2.45) is 34.5 Å². The number of aliphatic carboxylic acids is 1. The van der Waals surface area contributed by atoms with Crippen LogP contribution in [0.4, 0.5) is 4.79 Å². The number of hydrogen-bond donors (Lipinski definition) is 2. The smallest absolute Gasteiger partial charge is 0.324 e. The number of nitrogens with zero attached hydrogens (tertiary/aromatic N) is 1. The maximum Gasteiger partial charge on any atom is 0.324 e. The normalized spacial score (nSPS) is 35.8. The van der Waals surface area contributed by atoms with Crippen molar-refractivity contribution in [2.45, 2.75) is 105 Å². The molecule has 0 spiro atoms. The number of carbonyl (C=O) groups excluding carboxylic acids is 3. The molecule has 0 unspecified atom stereocenters. The van der Waals surface area contributed by atoms with E-state index in [2.05, 4.69) is 12.2 Å². The first-order chi connectivity index (χ1) is 15.3. The molecule has 7 heteroatoms. The summed E-state index contributed by atoms with van der Waals surface area (Å²) in [4.78, 5) is 52.2. The summed E-state index contributed by atoms with van der Waals surface area (Å²) in [5, 5.41) is 12.1. The Bertz CT molecular complexity index is 809. The van der Waals surface area contributed by atoms with E-state index in [4.69, 9.17) is 0 Å². The largest absolute Gasteiger partial charge is 0.481 e. The van der Waals surface area contributed by atoms with Crippen LogP contribution in [-0.4, -0.2) is 45.8 Å². The summed E-state index contributed by atoms with van der Waals surface area (Å²) in [5.74, 6) is -0.101. The summed E-state index contributed by atoms with van der Waals surface area (Å²) < 4.78 is 0. The molecule has 3 aliphatic carbocycles. The molecule has 3 aliphatic rings. The molecule has 0 bridgehead atoms. The van der Waals surface area contributed by atoms with E-state index in [1.807, 2.05) is 34.6 Å². The minimum Gasteiger partial charge on any atom is -0.481 e. The molecule has 7 nitrogen and oxygen atoms in total. The van der Waals surface area contributed by atoms with Gasteiger partial charge in [0, 0.05) is 36.3 Å². The fourth-order valence-corrected chi connectivity index (χ4v) is 7.44. The highest BCUT2D eigenvalue weighted by Gasteiger charge is 2.61. The number of hydrogen-bond acceptors (Lipinski definition) is 4. The second-order valence-electron chi connectivity index (χ2n) is 11.7. The Morgan fingerprint density at radius 1 is 1.06 bits per heavy atom. The van der Waals surface area contributed by atoms with Crippen molar-refractivity contribution in [3.05, 3.63) is 0 Å². The van der Waals surface area contributed by atoms with Crippen LogP contribution in [0.3, 0.4) is 0 Å². The Morgan fingerprint density at radius 3 is 2.30 bits per heavy atom. The molecule has 0 radical (unpaired) electrons. The molecule has 0 heterocycles. The number of rotatable bonds is 6. The van der Waals surface area contributed by atoms with Crippen molar-refractivity contribution in [3.8, 4) is 0 Å². The molecule has 3 rings (SSSR count). The predicted molar refractivity (Wildman–Crippen MR) is 125 cm³/mol. The number of urea groups is 1. The summed E-state index contributed by atoms with van der Waals surface area (Å²) in [6.07, 6.45) is 5.10. The van der Waals surface area contributed by atoms with Crippen molar-refractivity contribution in [2.75, 3.05) is 0 Å². The van der Waals surface area contributed by atoms with E-state index in [-0.39, 0.29) is 53.5 Å². The SMILES string of the molecule is CC(C)NC(=O)N(C(=O)[C@H]1CC[C@H]2[C@@H]3CCC(=O)[C@](C)(CCC(=O)O)[C@H]3CC[C@]12C)C(C)C. The molecule has 3 amide bonds. The highest BCUT2D eigenvalue weighted by atomic mass is 16.4. The summed E-state index contributed by atoms with van der Waals surface area (Å²) >= 11 is 0. The van der Waals surface area contributed by atoms with E-state index in [1.165, 1.54) is 4.90 Å². The van der Waals surface area contributed by atoms with Gasteiger partial charge in [0.25, 0.3) is 0 Å². The Morgan fingerprint density at radius 2 is 1.73 bits per heavy atom. The zero-order chi connectivity index (χ0) is 24.7. The summed E-state index contributed by atoms with van der Waals surface area (Å²) in [6, 6.07) is -0.589. The first-order valence-corrected chi connectivity index (χ1v) is 12.7. The lowest BCUT2D eigenvalue weighted by molar-refractivity contribution is -0.152. The molecule has 0 aliphatic heterocycles. The van der Waals surface area contributed by atoms with Gasteiger partial charge in [-0.1, -0.05) is 13.8 Å². The van der Waals surface area contributed by atoms with Crippen LogP contribution in [0.5, 0.6) is 0 Å². The Balaban J connectivity index is 1.84. The average Bonchev–Trinajstić information content (AvgIpc) is 3.05. The van der Waals surface area contributed by atoms with Crippen molar-refractivity contribution < 1.29 is 24.3 Å². The van der Waals surface area contributed by atoms with Gasteiger partial charge in [-0.05, 0) is 89.4 Å². The van der Waals surface area contributed by atoms with Crippen molar-refractivity contribution in [1.29, 1.82) is 0 Å². The van der Waals surface area contributed by atoms with Crippen LogP contribution in [0, 0.1) is 34.5 Å². The van der Waals surface area contributed by atoms with Crippen LogP contribution < -0.4 is 5.32 Å². The second-order valence-corrected chi connectivity index (χ2v) is 11.7. The quantitative estimate of drug-likeness (QED) is 0.599. The van der Waals surface area contributed by atoms with E-state index < -0.39 is 11.4 Å². The lowest BCUT2D eigenvalue weighted by atomic mass is 9.48. The maximum absolute atomic E-state index is 13.7. The average molecular weight is 463 g/mol. The van der Waals surface area contributed by atoms with Crippen molar-refractivity contribution in [3.63, 3.8) is 0 Å². The molecule has 2 N–H and O–H groups in total. The number of carbonyl (C=O) groups is 4. The molecule has 186 valence electrons. The third kappa shape index (κ3) is 4.57. The third-order valence-corrected chi connectivity index (χ3v) is 9.14. The number of amides is 3. The van der Waals surface area contributed by atoms with Crippen LogP contribution in [0.2, 0.25) is 0 Å². The van der Waals surface area contributed by atoms with Crippen LogP contribution in [0.15, 0.2) is 0 Å². The minimum absolute atomic E-state index is 0.0167. The summed E-state index contributed by atoms with van der Waals surface area (Å²) in [7, 11) is 0. The topological polar surface area (TPSA) is 104 Å². The van der Waals surface area contributed by atoms with Gasteiger partial charge in [-0.15, -0.1) is 0 Å². The van der Waals surface area contributed by atoms with Crippen molar-refractivity contribution >= 4 is 23.7 Å².